The number of carbonyl (C=O) groups excluding carboxylic acids is 1. The van der Waals surface area contributed by atoms with Crippen LogP contribution in [0.15, 0.2) is 18.3 Å². The molecular weight excluding hydrogens is 232 g/mol. The minimum atomic E-state index is 0.126. The number of rotatable bonds is 3. The first-order chi connectivity index (χ1) is 8.22. The Balaban J connectivity index is 2.11. The Morgan fingerprint density at radius 2 is 2.41 bits per heavy atom. The number of aromatic nitrogens is 1. The Hall–Kier alpha value is -1.03. The van der Waals surface area contributed by atoms with E-state index in [0.29, 0.717) is 10.9 Å². The van der Waals surface area contributed by atoms with Crippen LogP contribution in [0.2, 0.25) is 0 Å². The van der Waals surface area contributed by atoms with E-state index >= 15 is 0 Å². The van der Waals surface area contributed by atoms with Gasteiger partial charge in [0.25, 0.3) is 5.91 Å². The molecule has 3 nitrogen and oxygen atoms in total. The summed E-state index contributed by atoms with van der Waals surface area (Å²) in [5.41, 5.74) is 1.65. The lowest BCUT2D eigenvalue weighted by molar-refractivity contribution is 0.0756. The van der Waals surface area contributed by atoms with Crippen molar-refractivity contribution in [2.75, 3.05) is 12.3 Å². The molecule has 1 atom stereocenters. The molecule has 1 aliphatic rings. The van der Waals surface area contributed by atoms with E-state index in [0.717, 1.165) is 30.8 Å². The van der Waals surface area contributed by atoms with E-state index in [1.807, 2.05) is 35.7 Å². The van der Waals surface area contributed by atoms with Crippen molar-refractivity contribution in [1.82, 2.24) is 9.88 Å². The number of aryl methyl sites for hydroxylation is 1. The lowest BCUT2D eigenvalue weighted by atomic mass is 10.2. The summed E-state index contributed by atoms with van der Waals surface area (Å²) < 4.78 is 0. The van der Waals surface area contributed by atoms with Gasteiger partial charge in [-0.3, -0.25) is 9.78 Å². The van der Waals surface area contributed by atoms with Crippen LogP contribution < -0.4 is 0 Å². The van der Waals surface area contributed by atoms with Crippen LogP contribution >= 0.6 is 11.8 Å². The zero-order valence-corrected chi connectivity index (χ0v) is 11.2. The molecule has 1 aromatic rings. The number of amides is 1. The molecule has 1 unspecified atom stereocenters. The normalized spacial score (nSPS) is 19.6. The minimum absolute atomic E-state index is 0.126. The van der Waals surface area contributed by atoms with Gasteiger partial charge in [0.1, 0.15) is 0 Å². The molecule has 0 bridgehead atoms. The lowest BCUT2D eigenvalue weighted by Crippen LogP contribution is -2.34. The maximum absolute atomic E-state index is 12.3. The van der Waals surface area contributed by atoms with Crippen LogP contribution in [0.3, 0.4) is 0 Å². The quantitative estimate of drug-likeness (QED) is 0.827. The molecule has 1 fully saturated rings. The summed E-state index contributed by atoms with van der Waals surface area (Å²) in [4.78, 5) is 18.5. The van der Waals surface area contributed by atoms with Gasteiger partial charge in [0, 0.05) is 24.2 Å². The number of carbonyl (C=O) groups is 1. The predicted octanol–water partition coefficient (Wildman–Crippen LogP) is 2.71. The molecule has 1 saturated heterocycles. The van der Waals surface area contributed by atoms with Gasteiger partial charge in [-0.15, -0.1) is 11.8 Å². The first-order valence-corrected chi connectivity index (χ1v) is 7.12. The first-order valence-electron chi connectivity index (χ1n) is 6.07. The summed E-state index contributed by atoms with van der Waals surface area (Å²) in [5, 5.41) is 0.355. The van der Waals surface area contributed by atoms with Crippen molar-refractivity contribution in [3.05, 3.63) is 29.6 Å². The van der Waals surface area contributed by atoms with Crippen LogP contribution in [0.5, 0.6) is 0 Å². The van der Waals surface area contributed by atoms with Gasteiger partial charge in [-0.05, 0) is 25.5 Å². The Morgan fingerprint density at radius 3 is 3.06 bits per heavy atom. The second kappa shape index (κ2) is 5.54. The molecule has 1 amide bonds. The predicted molar refractivity (Wildman–Crippen MR) is 71.2 cm³/mol. The number of thioether (sulfide) groups is 1. The van der Waals surface area contributed by atoms with E-state index < -0.39 is 0 Å². The third kappa shape index (κ3) is 2.80. The molecule has 1 aromatic heterocycles. The molecule has 2 rings (SSSR count). The molecule has 0 radical (unpaired) electrons. The van der Waals surface area contributed by atoms with Crippen molar-refractivity contribution in [2.45, 2.75) is 32.1 Å². The number of nitrogens with zero attached hydrogens (tertiary/aromatic N) is 2. The molecule has 4 heteroatoms. The Bertz CT molecular complexity index is 391. The molecule has 0 aliphatic carbocycles. The van der Waals surface area contributed by atoms with Gasteiger partial charge in [-0.2, -0.15) is 0 Å². The van der Waals surface area contributed by atoms with Crippen molar-refractivity contribution in [3.63, 3.8) is 0 Å². The molecule has 0 saturated carbocycles. The molecule has 2 heterocycles. The van der Waals surface area contributed by atoms with Gasteiger partial charge in [-0.25, -0.2) is 0 Å². The van der Waals surface area contributed by atoms with Crippen molar-refractivity contribution < 1.29 is 4.79 Å². The average molecular weight is 250 g/mol. The van der Waals surface area contributed by atoms with Crippen molar-refractivity contribution in [2.24, 2.45) is 0 Å². The second-order valence-corrected chi connectivity index (χ2v) is 5.59. The largest absolute Gasteiger partial charge is 0.326 e. The highest BCUT2D eigenvalue weighted by Crippen LogP contribution is 2.28. The summed E-state index contributed by atoms with van der Waals surface area (Å²) in [6, 6.07) is 3.77. The third-order valence-electron chi connectivity index (χ3n) is 2.94. The molecule has 0 aromatic carbocycles. The van der Waals surface area contributed by atoms with E-state index in [1.54, 1.807) is 6.20 Å². The molecule has 17 heavy (non-hydrogen) atoms. The Morgan fingerprint density at radius 1 is 1.59 bits per heavy atom. The smallest absolute Gasteiger partial charge is 0.256 e. The fourth-order valence-electron chi connectivity index (χ4n) is 2.00. The van der Waals surface area contributed by atoms with Crippen molar-refractivity contribution >= 4 is 17.7 Å². The maximum Gasteiger partial charge on any atom is 0.256 e. The van der Waals surface area contributed by atoms with E-state index in [9.17, 15) is 4.79 Å². The maximum atomic E-state index is 12.3. The number of hydrogen-bond acceptors (Lipinski definition) is 3. The topological polar surface area (TPSA) is 33.2 Å². The fourth-order valence-corrected chi connectivity index (χ4v) is 3.36. The summed E-state index contributed by atoms with van der Waals surface area (Å²) in [6.07, 6.45) is 3.88. The Labute approximate surface area is 107 Å². The van der Waals surface area contributed by atoms with E-state index in [-0.39, 0.29) is 5.91 Å². The standard InChI is InChI=1S/C13H18N2OS/c1-3-4-12-15(7-8-17-12)13(16)11-6-5-10(2)14-9-11/h5-6,9,12H,3-4,7-8H2,1-2H3. The van der Waals surface area contributed by atoms with Crippen LogP contribution in [0.1, 0.15) is 35.8 Å². The average Bonchev–Trinajstić information content (AvgIpc) is 2.78. The zero-order chi connectivity index (χ0) is 12.3. The number of hydrogen-bond donors (Lipinski definition) is 0. The highest BCUT2D eigenvalue weighted by molar-refractivity contribution is 8.00. The Kier molecular flexibility index (Phi) is 4.05. The fraction of sp³-hybridized carbons (Fsp3) is 0.538. The third-order valence-corrected chi connectivity index (χ3v) is 4.24. The molecule has 0 N–H and O–H groups in total. The van der Waals surface area contributed by atoms with E-state index in [2.05, 4.69) is 11.9 Å². The second-order valence-electron chi connectivity index (χ2n) is 4.30. The van der Waals surface area contributed by atoms with E-state index in [4.69, 9.17) is 0 Å². The first kappa shape index (κ1) is 12.4. The highest BCUT2D eigenvalue weighted by Gasteiger charge is 2.29. The van der Waals surface area contributed by atoms with Gasteiger partial charge in [0.15, 0.2) is 0 Å². The zero-order valence-electron chi connectivity index (χ0n) is 10.3. The van der Waals surface area contributed by atoms with E-state index in [1.165, 1.54) is 0 Å². The van der Waals surface area contributed by atoms with Crippen LogP contribution in [-0.2, 0) is 0 Å². The minimum Gasteiger partial charge on any atom is -0.326 e. The molecule has 0 spiro atoms. The van der Waals surface area contributed by atoms with Crippen LogP contribution in [0, 0.1) is 6.92 Å². The highest BCUT2D eigenvalue weighted by atomic mass is 32.2. The van der Waals surface area contributed by atoms with Crippen LogP contribution in [0.25, 0.3) is 0 Å². The lowest BCUT2D eigenvalue weighted by Gasteiger charge is -2.23. The summed E-state index contributed by atoms with van der Waals surface area (Å²) in [6.45, 7) is 4.96. The summed E-state index contributed by atoms with van der Waals surface area (Å²) >= 11 is 1.89. The van der Waals surface area contributed by atoms with Gasteiger partial charge < -0.3 is 4.90 Å². The monoisotopic (exact) mass is 250 g/mol. The van der Waals surface area contributed by atoms with Gasteiger partial charge in [0.05, 0.1) is 10.9 Å². The molecule has 1 aliphatic heterocycles. The summed E-state index contributed by atoms with van der Waals surface area (Å²) in [5.74, 6) is 1.18. The SMILES string of the molecule is CCCC1SCCN1C(=O)c1ccc(C)nc1. The van der Waals surface area contributed by atoms with Gasteiger partial charge in [-0.1, -0.05) is 13.3 Å². The van der Waals surface area contributed by atoms with Crippen molar-refractivity contribution in [3.8, 4) is 0 Å². The molecular formula is C13H18N2OS. The van der Waals surface area contributed by atoms with Gasteiger partial charge in [0.2, 0.25) is 0 Å². The van der Waals surface area contributed by atoms with Crippen molar-refractivity contribution in [1.29, 1.82) is 0 Å². The van der Waals surface area contributed by atoms with Crippen LogP contribution in [-0.4, -0.2) is 33.5 Å². The van der Waals surface area contributed by atoms with Crippen LogP contribution in [0.4, 0.5) is 0 Å². The molecule has 92 valence electrons. The number of pyridine rings is 1. The summed E-state index contributed by atoms with van der Waals surface area (Å²) in [7, 11) is 0. The van der Waals surface area contributed by atoms with Gasteiger partial charge >= 0.3 is 0 Å².